The third kappa shape index (κ3) is 31.8. The van der Waals surface area contributed by atoms with Crippen molar-refractivity contribution in [1.29, 1.82) is 0 Å². The van der Waals surface area contributed by atoms with Crippen LogP contribution in [-0.2, 0) is 13.6 Å². The van der Waals surface area contributed by atoms with Crippen molar-refractivity contribution in [2.45, 2.75) is 168 Å². The second kappa shape index (κ2) is 31.0. The van der Waals surface area contributed by atoms with Gasteiger partial charge in [-0.25, -0.2) is 0 Å². The van der Waals surface area contributed by atoms with Gasteiger partial charge < -0.3 is 13.9 Å². The molecule has 4 nitrogen and oxygen atoms in total. The Morgan fingerprint density at radius 2 is 0.647 bits per heavy atom. The molecule has 0 aromatic heterocycles. The van der Waals surface area contributed by atoms with Crippen LogP contribution < -0.4 is 56.3 Å². The summed E-state index contributed by atoms with van der Waals surface area (Å²) in [5, 5.41) is 0. The number of rotatable bonds is 28. The first-order valence-electron chi connectivity index (χ1n) is 14.7. The minimum absolute atomic E-state index is 0. The topological polar surface area (TPSA) is 58.6 Å². The second-order valence-electron chi connectivity index (χ2n) is 9.89. The molecule has 0 radical (unpaired) electrons. The van der Waals surface area contributed by atoms with Gasteiger partial charge in [-0.15, -0.1) is 0 Å². The SMILES string of the molecule is CCCCCCCCCCCCCCOP(=O)([O-])OCCCCCCCCCCCCCC.[K+]. The first-order valence-corrected chi connectivity index (χ1v) is 16.2. The van der Waals surface area contributed by atoms with Crippen molar-refractivity contribution in [3.05, 3.63) is 0 Å². The summed E-state index contributed by atoms with van der Waals surface area (Å²) in [5.74, 6) is 0. The Balaban J connectivity index is 0. The van der Waals surface area contributed by atoms with E-state index in [1.54, 1.807) is 0 Å². The molecule has 0 aromatic rings. The third-order valence-corrected chi connectivity index (χ3v) is 7.49. The molecule has 0 aromatic carbocycles. The Kier molecular flexibility index (Phi) is 34.5. The van der Waals surface area contributed by atoms with Gasteiger partial charge in [-0.1, -0.05) is 155 Å². The quantitative estimate of drug-likeness (QED) is 0.0630. The van der Waals surface area contributed by atoms with Gasteiger partial charge in [0.1, 0.15) is 0 Å². The molecule has 34 heavy (non-hydrogen) atoms. The zero-order valence-electron chi connectivity index (χ0n) is 23.5. The van der Waals surface area contributed by atoms with Crippen LogP contribution in [0.5, 0.6) is 0 Å². The van der Waals surface area contributed by atoms with E-state index in [-0.39, 0.29) is 64.6 Å². The molecule has 0 spiro atoms. The maximum Gasteiger partial charge on any atom is 1.00 e. The zero-order chi connectivity index (χ0) is 24.3. The normalized spacial score (nSPS) is 11.6. The van der Waals surface area contributed by atoms with Crippen molar-refractivity contribution >= 4 is 7.82 Å². The van der Waals surface area contributed by atoms with Crippen LogP contribution in [0, 0.1) is 0 Å². The molecule has 0 amide bonds. The van der Waals surface area contributed by atoms with Gasteiger partial charge in [0.15, 0.2) is 0 Å². The molecule has 0 aliphatic rings. The molecule has 0 aliphatic heterocycles. The Hall–Kier alpha value is 1.75. The molecule has 0 fully saturated rings. The Labute approximate surface area is 256 Å². The molecule has 0 saturated carbocycles. The van der Waals surface area contributed by atoms with Crippen molar-refractivity contribution in [3.63, 3.8) is 0 Å². The molecule has 0 aliphatic carbocycles. The molecule has 0 bridgehead atoms. The number of phosphoric acid groups is 1. The van der Waals surface area contributed by atoms with Gasteiger partial charge in [-0.05, 0) is 12.8 Å². The minimum Gasteiger partial charge on any atom is -0.756 e. The van der Waals surface area contributed by atoms with Crippen molar-refractivity contribution in [1.82, 2.24) is 0 Å². The van der Waals surface area contributed by atoms with E-state index in [4.69, 9.17) is 9.05 Å². The van der Waals surface area contributed by atoms with Gasteiger partial charge in [0.2, 0.25) is 0 Å². The summed E-state index contributed by atoms with van der Waals surface area (Å²) in [6, 6.07) is 0. The number of unbranched alkanes of at least 4 members (excludes halogenated alkanes) is 22. The monoisotopic (exact) mass is 528 g/mol. The van der Waals surface area contributed by atoms with Crippen LogP contribution in [0.2, 0.25) is 0 Å². The summed E-state index contributed by atoms with van der Waals surface area (Å²) < 4.78 is 21.8. The van der Waals surface area contributed by atoms with Gasteiger partial charge in [0.05, 0.1) is 13.2 Å². The van der Waals surface area contributed by atoms with Crippen LogP contribution in [0.4, 0.5) is 0 Å². The second-order valence-corrected chi connectivity index (χ2v) is 11.3. The van der Waals surface area contributed by atoms with Crippen LogP contribution in [0.15, 0.2) is 0 Å². The average Bonchev–Trinajstić information content (AvgIpc) is 2.80. The number of hydrogen-bond donors (Lipinski definition) is 0. The third-order valence-electron chi connectivity index (χ3n) is 6.49. The predicted molar refractivity (Wildman–Crippen MR) is 142 cm³/mol. The van der Waals surface area contributed by atoms with Crippen LogP contribution in [-0.4, -0.2) is 13.2 Å². The molecule has 0 rings (SSSR count). The average molecular weight is 529 g/mol. The van der Waals surface area contributed by atoms with Gasteiger partial charge in [0, 0.05) is 0 Å². The van der Waals surface area contributed by atoms with Crippen molar-refractivity contribution in [3.8, 4) is 0 Å². The summed E-state index contributed by atoms with van der Waals surface area (Å²) in [5.41, 5.74) is 0. The Morgan fingerprint density at radius 3 is 0.882 bits per heavy atom. The molecule has 0 N–H and O–H groups in total. The number of phosphoric ester groups is 1. The van der Waals surface area contributed by atoms with Gasteiger partial charge >= 0.3 is 51.4 Å². The van der Waals surface area contributed by atoms with E-state index >= 15 is 0 Å². The van der Waals surface area contributed by atoms with E-state index in [9.17, 15) is 9.46 Å². The smallest absolute Gasteiger partial charge is 0.756 e. The minimum atomic E-state index is -4.11. The number of hydrogen-bond acceptors (Lipinski definition) is 4. The van der Waals surface area contributed by atoms with Gasteiger partial charge in [0.25, 0.3) is 7.82 Å². The molecular weight excluding hydrogens is 470 g/mol. The van der Waals surface area contributed by atoms with E-state index in [1.807, 2.05) is 0 Å². The van der Waals surface area contributed by atoms with E-state index in [1.165, 1.54) is 128 Å². The van der Waals surface area contributed by atoms with Gasteiger partial charge in [-0.2, -0.15) is 0 Å². The molecule has 0 saturated heterocycles. The van der Waals surface area contributed by atoms with Crippen LogP contribution in [0.1, 0.15) is 168 Å². The summed E-state index contributed by atoms with van der Waals surface area (Å²) in [6.45, 7) is 5.04. The van der Waals surface area contributed by atoms with E-state index in [0.29, 0.717) is 0 Å². The fourth-order valence-electron chi connectivity index (χ4n) is 4.28. The molecule has 6 heteroatoms. The van der Waals surface area contributed by atoms with Crippen LogP contribution in [0.25, 0.3) is 0 Å². The zero-order valence-corrected chi connectivity index (χ0v) is 27.5. The fourth-order valence-corrected chi connectivity index (χ4v) is 5.06. The predicted octanol–water partition coefficient (Wildman–Crippen LogP) is 6.89. The van der Waals surface area contributed by atoms with Crippen molar-refractivity contribution < 1.29 is 69.9 Å². The molecule has 0 atom stereocenters. The maximum absolute atomic E-state index is 11.8. The van der Waals surface area contributed by atoms with E-state index < -0.39 is 7.82 Å². The van der Waals surface area contributed by atoms with E-state index in [0.717, 1.165) is 25.7 Å². The molecule has 0 unspecified atom stereocenters. The fraction of sp³-hybridized carbons (Fsp3) is 1.00. The van der Waals surface area contributed by atoms with Crippen molar-refractivity contribution in [2.75, 3.05) is 13.2 Å². The van der Waals surface area contributed by atoms with Crippen molar-refractivity contribution in [2.24, 2.45) is 0 Å². The van der Waals surface area contributed by atoms with Gasteiger partial charge in [-0.3, -0.25) is 4.57 Å². The Bertz CT molecular complexity index is 389. The van der Waals surface area contributed by atoms with Crippen LogP contribution >= 0.6 is 7.82 Å². The summed E-state index contributed by atoms with van der Waals surface area (Å²) in [4.78, 5) is 11.8. The molecule has 200 valence electrons. The first kappa shape index (κ1) is 37.9. The summed E-state index contributed by atoms with van der Waals surface area (Å²) in [6.07, 6.45) is 30.2. The summed E-state index contributed by atoms with van der Waals surface area (Å²) >= 11 is 0. The largest absolute Gasteiger partial charge is 1.00 e. The Morgan fingerprint density at radius 1 is 0.441 bits per heavy atom. The maximum atomic E-state index is 11.8. The van der Waals surface area contributed by atoms with E-state index in [2.05, 4.69) is 13.8 Å². The molecule has 0 heterocycles. The summed E-state index contributed by atoms with van der Waals surface area (Å²) in [7, 11) is -4.11. The molecular formula is C28H58KO4P. The van der Waals surface area contributed by atoms with Crippen LogP contribution in [0.3, 0.4) is 0 Å². The standard InChI is InChI=1S/C28H59O4P.K/c1-3-5-7-9-11-13-15-17-19-21-23-25-27-31-33(29,30)32-28-26-24-22-20-18-16-14-12-10-8-6-4-2;/h3-28H2,1-2H3,(H,29,30);/q;+1/p-1. The first-order chi connectivity index (χ1) is 16.1.